The van der Waals surface area contributed by atoms with Crippen LogP contribution in [0.4, 0.5) is 5.69 Å². The highest BCUT2D eigenvalue weighted by molar-refractivity contribution is 8.00. The Morgan fingerprint density at radius 2 is 1.82 bits per heavy atom. The molecular weight excluding hydrogens is 370 g/mol. The number of ether oxygens (including phenoxy) is 1. The summed E-state index contributed by atoms with van der Waals surface area (Å²) in [5.41, 5.74) is 3.41. The number of anilines is 1. The molecule has 3 aromatic rings. The molecule has 0 saturated carbocycles. The van der Waals surface area contributed by atoms with Gasteiger partial charge < -0.3 is 10.1 Å². The van der Waals surface area contributed by atoms with Crippen LogP contribution in [0, 0.1) is 6.92 Å². The van der Waals surface area contributed by atoms with E-state index < -0.39 is 0 Å². The fraction of sp³-hybridized carbons (Fsp3) is 0.227. The summed E-state index contributed by atoms with van der Waals surface area (Å²) in [5, 5.41) is 3.16. The molecule has 0 bridgehead atoms. The van der Waals surface area contributed by atoms with Crippen molar-refractivity contribution in [1.82, 2.24) is 9.97 Å². The molecule has 1 atom stereocenters. The van der Waals surface area contributed by atoms with Crippen LogP contribution in [-0.4, -0.2) is 27.7 Å². The summed E-state index contributed by atoms with van der Waals surface area (Å²) in [7, 11) is 0. The molecule has 3 rings (SSSR count). The summed E-state index contributed by atoms with van der Waals surface area (Å²) in [6.45, 7) is 6.23. The van der Waals surface area contributed by atoms with Crippen LogP contribution >= 0.6 is 11.8 Å². The van der Waals surface area contributed by atoms with Crippen molar-refractivity contribution in [3.8, 4) is 17.0 Å². The molecule has 0 unspecified atom stereocenters. The molecule has 28 heavy (non-hydrogen) atoms. The first-order chi connectivity index (χ1) is 13.6. The lowest BCUT2D eigenvalue weighted by molar-refractivity contribution is -0.115. The Morgan fingerprint density at radius 1 is 1.11 bits per heavy atom. The molecule has 1 N–H and O–H groups in total. The van der Waals surface area contributed by atoms with Crippen molar-refractivity contribution < 1.29 is 9.53 Å². The van der Waals surface area contributed by atoms with Crippen LogP contribution in [0.1, 0.15) is 19.5 Å². The molecule has 144 valence electrons. The predicted octanol–water partition coefficient (Wildman–Crippen LogP) is 4.97. The number of carbonyl (C=O) groups is 1. The highest BCUT2D eigenvalue weighted by atomic mass is 32.2. The molecule has 0 saturated heterocycles. The largest absolute Gasteiger partial charge is 0.492 e. The van der Waals surface area contributed by atoms with Gasteiger partial charge in [-0.25, -0.2) is 9.97 Å². The van der Waals surface area contributed by atoms with E-state index in [1.807, 2.05) is 81.4 Å². The number of hydrogen-bond donors (Lipinski definition) is 1. The number of aromatic nitrogens is 2. The van der Waals surface area contributed by atoms with Crippen LogP contribution in [0.15, 0.2) is 65.8 Å². The van der Waals surface area contributed by atoms with E-state index in [4.69, 9.17) is 4.74 Å². The molecule has 0 fully saturated rings. The third-order valence-corrected chi connectivity index (χ3v) is 4.96. The number of benzene rings is 2. The van der Waals surface area contributed by atoms with Gasteiger partial charge in [0.05, 0.1) is 23.2 Å². The number of hydrogen-bond acceptors (Lipinski definition) is 5. The van der Waals surface area contributed by atoms with Crippen LogP contribution in [0.5, 0.6) is 5.75 Å². The Morgan fingerprint density at radius 3 is 2.57 bits per heavy atom. The van der Waals surface area contributed by atoms with Crippen LogP contribution in [0.25, 0.3) is 11.3 Å². The van der Waals surface area contributed by atoms with Gasteiger partial charge in [0.15, 0.2) is 5.16 Å². The maximum atomic E-state index is 12.7. The van der Waals surface area contributed by atoms with Crippen molar-refractivity contribution in [2.24, 2.45) is 0 Å². The average Bonchev–Trinajstić information content (AvgIpc) is 2.70. The molecule has 0 aliphatic rings. The zero-order chi connectivity index (χ0) is 19.9. The molecule has 1 aromatic heterocycles. The molecule has 6 heteroatoms. The lowest BCUT2D eigenvalue weighted by Crippen LogP contribution is -2.23. The fourth-order valence-electron chi connectivity index (χ4n) is 2.65. The maximum absolute atomic E-state index is 12.7. The summed E-state index contributed by atoms with van der Waals surface area (Å²) in [6, 6.07) is 19.3. The second-order valence-electron chi connectivity index (χ2n) is 6.22. The summed E-state index contributed by atoms with van der Waals surface area (Å²) in [6.07, 6.45) is 0. The molecule has 5 nitrogen and oxygen atoms in total. The second kappa shape index (κ2) is 9.37. The van der Waals surface area contributed by atoms with Crippen molar-refractivity contribution in [1.29, 1.82) is 0 Å². The Bertz CT molecular complexity index is 948. The standard InChI is InChI=1S/C22H23N3O2S/c1-4-27-20-13-9-8-12-18(20)24-21(26)16(3)28-22-23-15(2)14-19(25-22)17-10-6-5-7-11-17/h5-14,16H,4H2,1-3H3,(H,24,26)/t16-/m1/s1. The summed E-state index contributed by atoms with van der Waals surface area (Å²) in [5.74, 6) is 0.539. The number of aryl methyl sites for hydroxylation is 1. The van der Waals surface area contributed by atoms with Gasteiger partial charge in [-0.3, -0.25) is 4.79 Å². The zero-order valence-corrected chi connectivity index (χ0v) is 17.0. The van der Waals surface area contributed by atoms with Crippen LogP contribution in [-0.2, 0) is 4.79 Å². The smallest absolute Gasteiger partial charge is 0.237 e. The van der Waals surface area contributed by atoms with Crippen LogP contribution < -0.4 is 10.1 Å². The first-order valence-corrected chi connectivity index (χ1v) is 10.0. The number of para-hydroxylation sites is 2. The monoisotopic (exact) mass is 393 g/mol. The maximum Gasteiger partial charge on any atom is 0.237 e. The highest BCUT2D eigenvalue weighted by Crippen LogP contribution is 2.27. The van der Waals surface area contributed by atoms with Crippen molar-refractivity contribution in [3.05, 3.63) is 66.4 Å². The zero-order valence-electron chi connectivity index (χ0n) is 16.2. The molecule has 0 aliphatic heterocycles. The minimum atomic E-state index is -0.361. The third kappa shape index (κ3) is 5.10. The Labute approximate surface area is 169 Å². The molecule has 1 amide bonds. The molecule has 0 spiro atoms. The molecule has 2 aromatic carbocycles. The van der Waals surface area contributed by atoms with Gasteiger partial charge in [0, 0.05) is 11.3 Å². The van der Waals surface area contributed by atoms with E-state index in [1.54, 1.807) is 0 Å². The van der Waals surface area contributed by atoms with E-state index in [9.17, 15) is 4.79 Å². The number of carbonyl (C=O) groups excluding carboxylic acids is 1. The number of rotatable bonds is 7. The number of nitrogens with one attached hydrogen (secondary N) is 1. The van der Waals surface area contributed by atoms with Gasteiger partial charge in [-0.15, -0.1) is 0 Å². The Kier molecular flexibility index (Phi) is 6.66. The van der Waals surface area contributed by atoms with Gasteiger partial charge in [-0.2, -0.15) is 0 Å². The van der Waals surface area contributed by atoms with Crippen LogP contribution in [0.2, 0.25) is 0 Å². The summed E-state index contributed by atoms with van der Waals surface area (Å²) < 4.78 is 5.57. The van der Waals surface area contributed by atoms with Crippen molar-refractivity contribution in [2.45, 2.75) is 31.2 Å². The van der Waals surface area contributed by atoms with Gasteiger partial charge in [-0.05, 0) is 39.0 Å². The van der Waals surface area contributed by atoms with Crippen molar-refractivity contribution in [3.63, 3.8) is 0 Å². The molecular formula is C22H23N3O2S. The lowest BCUT2D eigenvalue weighted by atomic mass is 10.1. The van der Waals surface area contributed by atoms with E-state index in [-0.39, 0.29) is 11.2 Å². The minimum absolute atomic E-state index is 0.122. The highest BCUT2D eigenvalue weighted by Gasteiger charge is 2.18. The van der Waals surface area contributed by atoms with Crippen molar-refractivity contribution >= 4 is 23.4 Å². The third-order valence-electron chi connectivity index (χ3n) is 4.00. The normalized spacial score (nSPS) is 11.7. The molecule has 1 heterocycles. The van der Waals surface area contributed by atoms with Gasteiger partial charge in [0.2, 0.25) is 5.91 Å². The topological polar surface area (TPSA) is 64.1 Å². The van der Waals surface area contributed by atoms with Crippen molar-refractivity contribution in [2.75, 3.05) is 11.9 Å². The van der Waals surface area contributed by atoms with E-state index >= 15 is 0 Å². The summed E-state index contributed by atoms with van der Waals surface area (Å²) in [4.78, 5) is 21.8. The average molecular weight is 394 g/mol. The summed E-state index contributed by atoms with van der Waals surface area (Å²) >= 11 is 1.34. The molecule has 0 aliphatic carbocycles. The van der Waals surface area contributed by atoms with Gasteiger partial charge in [0.25, 0.3) is 0 Å². The van der Waals surface area contributed by atoms with Gasteiger partial charge in [0.1, 0.15) is 5.75 Å². The first-order valence-electron chi connectivity index (χ1n) is 9.17. The van der Waals surface area contributed by atoms with Crippen LogP contribution in [0.3, 0.4) is 0 Å². The van der Waals surface area contributed by atoms with Gasteiger partial charge in [-0.1, -0.05) is 54.2 Å². The molecule has 0 radical (unpaired) electrons. The Hall–Kier alpha value is -2.86. The number of nitrogens with zero attached hydrogens (tertiary/aromatic N) is 2. The Balaban J connectivity index is 1.73. The fourth-order valence-corrected chi connectivity index (χ4v) is 3.48. The quantitative estimate of drug-likeness (QED) is 0.453. The van der Waals surface area contributed by atoms with E-state index in [0.717, 1.165) is 17.0 Å². The predicted molar refractivity (Wildman–Crippen MR) is 114 cm³/mol. The SMILES string of the molecule is CCOc1ccccc1NC(=O)[C@@H](C)Sc1nc(C)cc(-c2ccccc2)n1. The number of amides is 1. The van der Waals surface area contributed by atoms with Gasteiger partial charge >= 0.3 is 0 Å². The van der Waals surface area contributed by atoms with E-state index in [0.29, 0.717) is 23.2 Å². The van der Waals surface area contributed by atoms with E-state index in [2.05, 4.69) is 15.3 Å². The lowest BCUT2D eigenvalue weighted by Gasteiger charge is -2.14. The second-order valence-corrected chi connectivity index (χ2v) is 7.53. The number of thioether (sulfide) groups is 1. The van der Waals surface area contributed by atoms with E-state index in [1.165, 1.54) is 11.8 Å². The first kappa shape index (κ1) is 19.9. The minimum Gasteiger partial charge on any atom is -0.492 e.